The standard InChI is InChI=1S/C14H17N5OS/c1-3-20-10(2)13-17-18-14(21-13)11-8-15-9-12(16-11)19-6-4-5-7-19/h8-9H,2-7H2,1H3. The van der Waals surface area contributed by atoms with Gasteiger partial charge in [0.25, 0.3) is 0 Å². The number of anilines is 1. The molecule has 0 atom stereocenters. The van der Waals surface area contributed by atoms with Crippen molar-refractivity contribution in [2.24, 2.45) is 0 Å². The van der Waals surface area contributed by atoms with E-state index in [9.17, 15) is 0 Å². The highest BCUT2D eigenvalue weighted by Crippen LogP contribution is 2.27. The van der Waals surface area contributed by atoms with Crippen molar-refractivity contribution >= 4 is 22.9 Å². The number of ether oxygens (including phenoxy) is 1. The quantitative estimate of drug-likeness (QED) is 0.791. The molecule has 0 unspecified atom stereocenters. The maximum atomic E-state index is 5.35. The van der Waals surface area contributed by atoms with E-state index in [0.717, 1.165) is 29.6 Å². The maximum Gasteiger partial charge on any atom is 0.182 e. The van der Waals surface area contributed by atoms with Crippen LogP contribution in [0.1, 0.15) is 24.8 Å². The first kappa shape index (κ1) is 13.9. The maximum absolute atomic E-state index is 5.35. The fraction of sp³-hybridized carbons (Fsp3) is 0.429. The topological polar surface area (TPSA) is 64.0 Å². The van der Waals surface area contributed by atoms with Crippen molar-refractivity contribution in [3.05, 3.63) is 24.0 Å². The Hall–Kier alpha value is -2.02. The molecule has 21 heavy (non-hydrogen) atoms. The van der Waals surface area contributed by atoms with Gasteiger partial charge in [0.2, 0.25) is 0 Å². The Morgan fingerprint density at radius 3 is 2.90 bits per heavy atom. The molecule has 1 aliphatic rings. The summed E-state index contributed by atoms with van der Waals surface area (Å²) in [5, 5.41) is 9.68. The first-order valence-corrected chi connectivity index (χ1v) is 7.82. The minimum Gasteiger partial charge on any atom is -0.491 e. The summed E-state index contributed by atoms with van der Waals surface area (Å²) in [4.78, 5) is 11.2. The molecule has 0 amide bonds. The smallest absolute Gasteiger partial charge is 0.182 e. The Bertz CT molecular complexity index is 636. The first-order valence-electron chi connectivity index (χ1n) is 7.01. The van der Waals surface area contributed by atoms with Gasteiger partial charge >= 0.3 is 0 Å². The van der Waals surface area contributed by atoms with E-state index < -0.39 is 0 Å². The van der Waals surface area contributed by atoms with Gasteiger partial charge in [-0.25, -0.2) is 4.98 Å². The molecule has 0 radical (unpaired) electrons. The van der Waals surface area contributed by atoms with Gasteiger partial charge in [0, 0.05) is 13.1 Å². The molecule has 0 saturated carbocycles. The molecule has 1 saturated heterocycles. The number of nitrogens with zero attached hydrogens (tertiary/aromatic N) is 5. The molecule has 0 aliphatic carbocycles. The van der Waals surface area contributed by atoms with Crippen LogP contribution < -0.4 is 4.90 Å². The van der Waals surface area contributed by atoms with Crippen LogP contribution in [0.25, 0.3) is 16.5 Å². The highest BCUT2D eigenvalue weighted by Gasteiger charge is 2.16. The average Bonchev–Trinajstić information content (AvgIpc) is 3.19. The van der Waals surface area contributed by atoms with E-state index in [-0.39, 0.29) is 0 Å². The van der Waals surface area contributed by atoms with Crippen molar-refractivity contribution in [2.75, 3.05) is 24.6 Å². The number of rotatable bonds is 5. The summed E-state index contributed by atoms with van der Waals surface area (Å²) in [5.74, 6) is 1.45. The Labute approximate surface area is 127 Å². The lowest BCUT2D eigenvalue weighted by Crippen LogP contribution is -2.19. The molecular formula is C14H17N5OS. The van der Waals surface area contributed by atoms with Crippen molar-refractivity contribution in [2.45, 2.75) is 19.8 Å². The molecule has 3 heterocycles. The molecular weight excluding hydrogens is 286 g/mol. The van der Waals surface area contributed by atoms with Gasteiger partial charge in [-0.2, -0.15) is 0 Å². The molecule has 2 aromatic heterocycles. The van der Waals surface area contributed by atoms with Crippen LogP contribution in [0.3, 0.4) is 0 Å². The molecule has 110 valence electrons. The van der Waals surface area contributed by atoms with Gasteiger partial charge in [-0.15, -0.1) is 10.2 Å². The van der Waals surface area contributed by atoms with Crippen molar-refractivity contribution in [3.8, 4) is 10.7 Å². The van der Waals surface area contributed by atoms with Crippen LogP contribution in [0.15, 0.2) is 19.0 Å². The second-order valence-electron chi connectivity index (χ2n) is 4.73. The third kappa shape index (κ3) is 3.02. The second-order valence-corrected chi connectivity index (χ2v) is 5.70. The zero-order valence-corrected chi connectivity index (χ0v) is 12.8. The number of hydrogen-bond donors (Lipinski definition) is 0. The Morgan fingerprint density at radius 2 is 2.14 bits per heavy atom. The van der Waals surface area contributed by atoms with E-state index in [4.69, 9.17) is 4.74 Å². The third-order valence-electron chi connectivity index (χ3n) is 3.25. The van der Waals surface area contributed by atoms with Crippen LogP contribution >= 0.6 is 11.3 Å². The molecule has 0 N–H and O–H groups in total. The predicted octanol–water partition coefficient (Wildman–Crippen LogP) is 2.60. The third-order valence-corrected chi connectivity index (χ3v) is 4.24. The summed E-state index contributed by atoms with van der Waals surface area (Å²) in [6.07, 6.45) is 5.94. The SMILES string of the molecule is C=C(OCC)c1nnc(-c2cncc(N3CCCC3)n2)s1. The molecule has 6 nitrogen and oxygen atoms in total. The Kier molecular flexibility index (Phi) is 4.10. The Morgan fingerprint density at radius 1 is 1.33 bits per heavy atom. The minimum atomic E-state index is 0.546. The fourth-order valence-electron chi connectivity index (χ4n) is 2.23. The Balaban J connectivity index is 1.83. The van der Waals surface area contributed by atoms with Crippen molar-refractivity contribution in [1.29, 1.82) is 0 Å². The lowest BCUT2D eigenvalue weighted by molar-refractivity contribution is 0.298. The number of aromatic nitrogens is 4. The van der Waals surface area contributed by atoms with Crippen molar-refractivity contribution < 1.29 is 4.74 Å². The lowest BCUT2D eigenvalue weighted by atomic mass is 10.4. The van der Waals surface area contributed by atoms with Crippen LogP contribution in [0.4, 0.5) is 5.82 Å². The highest BCUT2D eigenvalue weighted by atomic mass is 32.1. The normalized spacial score (nSPS) is 14.4. The number of hydrogen-bond acceptors (Lipinski definition) is 7. The lowest BCUT2D eigenvalue weighted by Gasteiger charge is -2.15. The van der Waals surface area contributed by atoms with Gasteiger partial charge in [0.1, 0.15) is 17.3 Å². The fourth-order valence-corrected chi connectivity index (χ4v) is 2.95. The van der Waals surface area contributed by atoms with Gasteiger partial charge in [-0.1, -0.05) is 17.9 Å². The summed E-state index contributed by atoms with van der Waals surface area (Å²) in [5.41, 5.74) is 0.743. The summed E-state index contributed by atoms with van der Waals surface area (Å²) in [6.45, 7) is 8.41. The first-order chi connectivity index (χ1) is 10.3. The van der Waals surface area contributed by atoms with E-state index >= 15 is 0 Å². The van der Waals surface area contributed by atoms with Crippen LogP contribution in [0, 0.1) is 0 Å². The molecule has 1 fully saturated rings. The van der Waals surface area contributed by atoms with Gasteiger partial charge in [-0.05, 0) is 19.8 Å². The van der Waals surface area contributed by atoms with Gasteiger partial charge in [-0.3, -0.25) is 4.98 Å². The summed E-state index contributed by atoms with van der Waals surface area (Å²) in [6, 6.07) is 0. The highest BCUT2D eigenvalue weighted by molar-refractivity contribution is 7.15. The van der Waals surface area contributed by atoms with Crippen LogP contribution in [0.2, 0.25) is 0 Å². The van der Waals surface area contributed by atoms with E-state index in [1.165, 1.54) is 24.2 Å². The molecule has 0 bridgehead atoms. The van der Waals surface area contributed by atoms with E-state index in [1.54, 1.807) is 12.4 Å². The molecule has 0 spiro atoms. The zero-order valence-electron chi connectivity index (χ0n) is 11.9. The molecule has 1 aliphatic heterocycles. The molecule has 7 heteroatoms. The largest absolute Gasteiger partial charge is 0.491 e. The molecule has 3 rings (SSSR count). The van der Waals surface area contributed by atoms with E-state index in [2.05, 4.69) is 31.6 Å². The van der Waals surface area contributed by atoms with E-state index in [1.807, 2.05) is 6.92 Å². The van der Waals surface area contributed by atoms with Crippen molar-refractivity contribution in [1.82, 2.24) is 20.2 Å². The predicted molar refractivity (Wildman–Crippen MR) is 83.0 cm³/mol. The van der Waals surface area contributed by atoms with E-state index in [0.29, 0.717) is 17.4 Å². The summed E-state index contributed by atoms with van der Waals surface area (Å²) >= 11 is 1.42. The summed E-state index contributed by atoms with van der Waals surface area (Å²) in [7, 11) is 0. The van der Waals surface area contributed by atoms with Crippen LogP contribution in [-0.4, -0.2) is 39.9 Å². The molecule has 2 aromatic rings. The monoisotopic (exact) mass is 303 g/mol. The van der Waals surface area contributed by atoms with Gasteiger partial charge in [0.05, 0.1) is 19.0 Å². The second kappa shape index (κ2) is 6.17. The zero-order chi connectivity index (χ0) is 14.7. The van der Waals surface area contributed by atoms with Gasteiger partial charge in [0.15, 0.2) is 10.0 Å². The van der Waals surface area contributed by atoms with Crippen LogP contribution in [0.5, 0.6) is 0 Å². The average molecular weight is 303 g/mol. The van der Waals surface area contributed by atoms with Crippen molar-refractivity contribution in [3.63, 3.8) is 0 Å². The van der Waals surface area contributed by atoms with Crippen LogP contribution in [-0.2, 0) is 4.74 Å². The minimum absolute atomic E-state index is 0.546. The molecule has 0 aromatic carbocycles. The summed E-state index contributed by atoms with van der Waals surface area (Å²) < 4.78 is 5.35. The van der Waals surface area contributed by atoms with Gasteiger partial charge < -0.3 is 9.64 Å².